The molecule has 0 spiro atoms. The van der Waals surface area contributed by atoms with Crippen molar-refractivity contribution in [2.24, 2.45) is 0 Å². The Balaban J connectivity index is 1.35. The molecule has 2 amide bonds. The first kappa shape index (κ1) is 16.8. The summed E-state index contributed by atoms with van der Waals surface area (Å²) in [6.07, 6.45) is 3.83. The first-order chi connectivity index (χ1) is 12.6. The molecule has 1 aromatic carbocycles. The fraction of sp³-hybridized carbons (Fsp3) is 0.474. The fourth-order valence-corrected chi connectivity index (χ4v) is 3.60. The predicted molar refractivity (Wildman–Crippen MR) is 95.6 cm³/mol. The highest BCUT2D eigenvalue weighted by molar-refractivity contribution is 5.92. The van der Waals surface area contributed by atoms with Crippen molar-refractivity contribution in [1.82, 2.24) is 24.8 Å². The van der Waals surface area contributed by atoms with Crippen molar-refractivity contribution in [3.63, 3.8) is 0 Å². The van der Waals surface area contributed by atoms with Crippen LogP contribution >= 0.6 is 0 Å². The van der Waals surface area contributed by atoms with Gasteiger partial charge in [0.1, 0.15) is 0 Å². The van der Waals surface area contributed by atoms with Crippen LogP contribution in [-0.2, 0) is 4.79 Å². The van der Waals surface area contributed by atoms with Crippen molar-refractivity contribution < 1.29 is 9.59 Å². The molecular weight excluding hydrogens is 330 g/mol. The number of hydrogen-bond acceptors (Lipinski definition) is 4. The number of benzene rings is 1. The molecule has 3 heterocycles. The number of carbonyl (C=O) groups excluding carboxylic acids is 2. The highest BCUT2D eigenvalue weighted by atomic mass is 16.2. The lowest BCUT2D eigenvalue weighted by atomic mass is 9.97. The Morgan fingerprint density at radius 1 is 1.08 bits per heavy atom. The Morgan fingerprint density at radius 3 is 2.46 bits per heavy atom. The molecule has 4 rings (SSSR count). The van der Waals surface area contributed by atoms with Crippen LogP contribution in [0.3, 0.4) is 0 Å². The first-order valence-electron chi connectivity index (χ1n) is 9.18. The number of carbonyl (C=O) groups is 2. The van der Waals surface area contributed by atoms with Gasteiger partial charge in [-0.15, -0.1) is 5.10 Å². The number of rotatable bonds is 4. The third kappa shape index (κ3) is 3.09. The SMILES string of the molecule is CC(C(=O)N1CC(n2cc(C(=O)N3CCCC3)nn2)C1)c1ccccc1. The number of likely N-dealkylation sites (tertiary alicyclic amines) is 2. The average molecular weight is 353 g/mol. The van der Waals surface area contributed by atoms with Crippen LogP contribution in [0, 0.1) is 0 Å². The summed E-state index contributed by atoms with van der Waals surface area (Å²) in [5, 5.41) is 8.14. The van der Waals surface area contributed by atoms with Gasteiger partial charge in [-0.05, 0) is 25.3 Å². The predicted octanol–water partition coefficient (Wildman–Crippen LogP) is 1.70. The third-order valence-electron chi connectivity index (χ3n) is 5.34. The van der Waals surface area contributed by atoms with Gasteiger partial charge in [-0.25, -0.2) is 4.68 Å². The van der Waals surface area contributed by atoms with E-state index in [0.29, 0.717) is 18.8 Å². The summed E-state index contributed by atoms with van der Waals surface area (Å²) in [5.74, 6) is -0.0696. The van der Waals surface area contributed by atoms with E-state index in [9.17, 15) is 9.59 Å². The maximum atomic E-state index is 12.6. The molecule has 2 aliphatic rings. The van der Waals surface area contributed by atoms with Gasteiger partial charge >= 0.3 is 0 Å². The molecule has 1 atom stereocenters. The lowest BCUT2D eigenvalue weighted by molar-refractivity contribution is -0.138. The molecule has 0 radical (unpaired) electrons. The van der Waals surface area contributed by atoms with Crippen molar-refractivity contribution in [1.29, 1.82) is 0 Å². The summed E-state index contributed by atoms with van der Waals surface area (Å²) >= 11 is 0. The van der Waals surface area contributed by atoms with Gasteiger partial charge in [0.2, 0.25) is 5.91 Å². The van der Waals surface area contributed by atoms with Gasteiger partial charge in [0.05, 0.1) is 18.2 Å². The minimum atomic E-state index is -0.153. The molecule has 7 nitrogen and oxygen atoms in total. The zero-order valence-corrected chi connectivity index (χ0v) is 14.9. The second-order valence-corrected chi connectivity index (χ2v) is 7.11. The Bertz CT molecular complexity index is 791. The largest absolute Gasteiger partial charge is 0.338 e. The van der Waals surface area contributed by atoms with Crippen LogP contribution in [0.25, 0.3) is 0 Å². The maximum absolute atomic E-state index is 12.6. The van der Waals surface area contributed by atoms with Gasteiger partial charge in [-0.1, -0.05) is 35.5 Å². The zero-order chi connectivity index (χ0) is 18.1. The summed E-state index contributed by atoms with van der Waals surface area (Å²) in [7, 11) is 0. The van der Waals surface area contributed by atoms with Crippen LogP contribution in [0.4, 0.5) is 0 Å². The summed E-state index contributed by atoms with van der Waals surface area (Å²) in [6, 6.07) is 9.90. The van der Waals surface area contributed by atoms with Gasteiger partial charge in [0.25, 0.3) is 5.91 Å². The summed E-state index contributed by atoms with van der Waals surface area (Å²) in [5.41, 5.74) is 1.43. The Morgan fingerprint density at radius 2 is 1.77 bits per heavy atom. The summed E-state index contributed by atoms with van der Waals surface area (Å²) in [6.45, 7) is 4.75. The number of nitrogens with zero attached hydrogens (tertiary/aromatic N) is 5. The number of aromatic nitrogens is 3. The molecule has 7 heteroatoms. The van der Waals surface area contributed by atoms with Gasteiger partial charge in [0.15, 0.2) is 5.69 Å². The van der Waals surface area contributed by atoms with Crippen LogP contribution in [-0.4, -0.2) is 62.8 Å². The maximum Gasteiger partial charge on any atom is 0.276 e. The molecule has 2 saturated heterocycles. The molecule has 2 aromatic rings. The van der Waals surface area contributed by atoms with Gasteiger partial charge < -0.3 is 9.80 Å². The highest BCUT2D eigenvalue weighted by Gasteiger charge is 2.35. The topological polar surface area (TPSA) is 71.3 Å². The molecule has 1 aromatic heterocycles. The molecule has 0 N–H and O–H groups in total. The lowest BCUT2D eigenvalue weighted by Gasteiger charge is -2.40. The van der Waals surface area contributed by atoms with Crippen LogP contribution in [0.1, 0.15) is 47.8 Å². The fourth-order valence-electron chi connectivity index (χ4n) is 3.60. The number of amides is 2. The van der Waals surface area contributed by atoms with E-state index in [1.54, 1.807) is 10.9 Å². The second kappa shape index (κ2) is 6.90. The van der Waals surface area contributed by atoms with Crippen molar-refractivity contribution in [2.45, 2.75) is 31.7 Å². The van der Waals surface area contributed by atoms with E-state index in [1.165, 1.54) is 0 Å². The molecule has 0 bridgehead atoms. The van der Waals surface area contributed by atoms with Crippen molar-refractivity contribution >= 4 is 11.8 Å². The molecule has 2 fully saturated rings. The van der Waals surface area contributed by atoms with Crippen LogP contribution in [0.5, 0.6) is 0 Å². The lowest BCUT2D eigenvalue weighted by Crippen LogP contribution is -2.52. The second-order valence-electron chi connectivity index (χ2n) is 7.11. The average Bonchev–Trinajstić information content (AvgIpc) is 3.32. The van der Waals surface area contributed by atoms with Gasteiger partial charge in [0, 0.05) is 26.2 Å². The van der Waals surface area contributed by atoms with Crippen LogP contribution in [0.15, 0.2) is 36.5 Å². The smallest absolute Gasteiger partial charge is 0.276 e. The van der Waals surface area contributed by atoms with Gasteiger partial charge in [-0.2, -0.15) is 0 Å². The quantitative estimate of drug-likeness (QED) is 0.839. The number of hydrogen-bond donors (Lipinski definition) is 0. The van der Waals surface area contributed by atoms with E-state index in [-0.39, 0.29) is 23.8 Å². The molecule has 0 aliphatic carbocycles. The minimum Gasteiger partial charge on any atom is -0.338 e. The first-order valence-corrected chi connectivity index (χ1v) is 9.18. The normalized spacial score (nSPS) is 18.7. The van der Waals surface area contributed by atoms with E-state index < -0.39 is 0 Å². The molecule has 2 aliphatic heterocycles. The van der Waals surface area contributed by atoms with E-state index in [0.717, 1.165) is 31.5 Å². The molecule has 136 valence electrons. The Labute approximate surface area is 152 Å². The van der Waals surface area contributed by atoms with E-state index >= 15 is 0 Å². The summed E-state index contributed by atoms with van der Waals surface area (Å²) < 4.78 is 1.72. The standard InChI is InChI=1S/C19H23N5O2/c1-14(15-7-3-2-4-8-15)18(25)23-11-16(12-23)24-13-17(20-21-24)19(26)22-9-5-6-10-22/h2-4,7-8,13-14,16H,5-6,9-12H2,1H3. The van der Waals surface area contributed by atoms with E-state index in [1.807, 2.05) is 47.1 Å². The van der Waals surface area contributed by atoms with E-state index in [2.05, 4.69) is 10.3 Å². The van der Waals surface area contributed by atoms with Crippen molar-refractivity contribution in [3.8, 4) is 0 Å². The van der Waals surface area contributed by atoms with Crippen LogP contribution in [0.2, 0.25) is 0 Å². The molecule has 0 saturated carbocycles. The minimum absolute atomic E-state index is 0.0429. The Kier molecular flexibility index (Phi) is 4.44. The van der Waals surface area contributed by atoms with E-state index in [4.69, 9.17) is 0 Å². The van der Waals surface area contributed by atoms with Crippen molar-refractivity contribution in [3.05, 3.63) is 47.8 Å². The molecule has 26 heavy (non-hydrogen) atoms. The molecule has 1 unspecified atom stereocenters. The Hall–Kier alpha value is -2.70. The zero-order valence-electron chi connectivity index (χ0n) is 14.9. The summed E-state index contributed by atoms with van der Waals surface area (Å²) in [4.78, 5) is 28.6. The highest BCUT2D eigenvalue weighted by Crippen LogP contribution is 2.26. The van der Waals surface area contributed by atoms with Crippen molar-refractivity contribution in [2.75, 3.05) is 26.2 Å². The molecular formula is C19H23N5O2. The van der Waals surface area contributed by atoms with Crippen LogP contribution < -0.4 is 0 Å². The van der Waals surface area contributed by atoms with Gasteiger partial charge in [-0.3, -0.25) is 9.59 Å². The third-order valence-corrected chi connectivity index (χ3v) is 5.34. The monoisotopic (exact) mass is 353 g/mol.